The van der Waals surface area contributed by atoms with Crippen LogP contribution in [0.4, 0.5) is 18.9 Å². The second-order valence-corrected chi connectivity index (χ2v) is 10.8. The smallest absolute Gasteiger partial charge is 0.416 e. The fourth-order valence-corrected chi connectivity index (χ4v) is 4.52. The van der Waals surface area contributed by atoms with Crippen molar-refractivity contribution in [2.24, 2.45) is 0 Å². The first-order valence-electron chi connectivity index (χ1n) is 10.3. The van der Waals surface area contributed by atoms with Crippen LogP contribution in [0.3, 0.4) is 0 Å². The number of anilines is 1. The van der Waals surface area contributed by atoms with Gasteiger partial charge in [-0.3, -0.25) is 14.1 Å². The molecule has 0 fully saturated rings. The number of halogens is 3. The molecule has 35 heavy (non-hydrogen) atoms. The lowest BCUT2D eigenvalue weighted by atomic mass is 9.99. The van der Waals surface area contributed by atoms with Crippen molar-refractivity contribution in [1.82, 2.24) is 4.98 Å². The number of nitrogens with zero attached hydrogens (tertiary/aromatic N) is 1. The Morgan fingerprint density at radius 1 is 1.14 bits per heavy atom. The van der Waals surface area contributed by atoms with Crippen molar-refractivity contribution < 1.29 is 35.7 Å². The van der Waals surface area contributed by atoms with Crippen LogP contribution in [0.1, 0.15) is 42.8 Å². The Hall–Kier alpha value is -2.96. The SMILES string of the molecule is CC(C)(C)OC(=O)C(Cc1ccc(NS(=O)(=O)O)cc1)c1nc(-c2cccc(C(F)(F)F)c2)cs1. The van der Waals surface area contributed by atoms with Gasteiger partial charge in [-0.05, 0) is 57.0 Å². The lowest BCUT2D eigenvalue weighted by molar-refractivity contribution is -0.156. The number of benzene rings is 2. The van der Waals surface area contributed by atoms with Gasteiger partial charge in [0.25, 0.3) is 0 Å². The van der Waals surface area contributed by atoms with Crippen molar-refractivity contribution >= 4 is 33.3 Å². The summed E-state index contributed by atoms with van der Waals surface area (Å²) < 4.78 is 77.7. The van der Waals surface area contributed by atoms with Crippen molar-refractivity contribution in [1.29, 1.82) is 0 Å². The van der Waals surface area contributed by atoms with Gasteiger partial charge < -0.3 is 4.74 Å². The molecule has 3 aromatic rings. The molecule has 0 radical (unpaired) electrons. The van der Waals surface area contributed by atoms with E-state index >= 15 is 0 Å². The van der Waals surface area contributed by atoms with Crippen molar-refractivity contribution in [3.05, 3.63) is 70.0 Å². The van der Waals surface area contributed by atoms with Crippen LogP contribution in [0.25, 0.3) is 11.3 Å². The maximum Gasteiger partial charge on any atom is 0.416 e. The lowest BCUT2D eigenvalue weighted by Crippen LogP contribution is -2.28. The maximum absolute atomic E-state index is 13.1. The molecular formula is C23H23F3N2O5S2. The summed E-state index contributed by atoms with van der Waals surface area (Å²) in [5, 5.41) is 1.95. The second kappa shape index (κ2) is 9.96. The molecule has 3 rings (SSSR count). The van der Waals surface area contributed by atoms with Crippen LogP contribution < -0.4 is 4.72 Å². The lowest BCUT2D eigenvalue weighted by Gasteiger charge is -2.23. The van der Waals surface area contributed by atoms with E-state index in [1.165, 1.54) is 24.3 Å². The fourth-order valence-electron chi connectivity index (χ4n) is 3.17. The zero-order chi connectivity index (χ0) is 26.0. The van der Waals surface area contributed by atoms with E-state index in [1.807, 2.05) is 4.72 Å². The van der Waals surface area contributed by atoms with Gasteiger partial charge >= 0.3 is 22.4 Å². The van der Waals surface area contributed by atoms with Crippen molar-refractivity contribution in [2.45, 2.75) is 44.9 Å². The average molecular weight is 529 g/mol. The average Bonchev–Trinajstić information content (AvgIpc) is 3.20. The molecule has 1 heterocycles. The van der Waals surface area contributed by atoms with E-state index in [9.17, 15) is 26.4 Å². The predicted molar refractivity (Wildman–Crippen MR) is 126 cm³/mol. The van der Waals surface area contributed by atoms with Gasteiger partial charge in [0.05, 0.1) is 16.9 Å². The van der Waals surface area contributed by atoms with Gasteiger partial charge in [0.1, 0.15) is 16.5 Å². The number of thiazole rings is 1. The number of nitrogens with one attached hydrogen (secondary N) is 1. The minimum absolute atomic E-state index is 0.131. The minimum atomic E-state index is -4.50. The molecule has 0 aliphatic rings. The van der Waals surface area contributed by atoms with Crippen LogP contribution in [-0.4, -0.2) is 29.5 Å². The number of hydrogen-bond donors (Lipinski definition) is 2. The van der Waals surface area contributed by atoms with Crippen LogP contribution in [0, 0.1) is 0 Å². The van der Waals surface area contributed by atoms with Gasteiger partial charge in [0, 0.05) is 10.9 Å². The summed E-state index contributed by atoms with van der Waals surface area (Å²) in [6.45, 7) is 5.15. The van der Waals surface area contributed by atoms with Gasteiger partial charge in [-0.15, -0.1) is 11.3 Å². The second-order valence-electron chi connectivity index (χ2n) is 8.71. The summed E-state index contributed by atoms with van der Waals surface area (Å²) in [5.74, 6) is -1.40. The summed E-state index contributed by atoms with van der Waals surface area (Å²) in [5.41, 5.74) is -0.224. The first-order chi connectivity index (χ1) is 16.1. The van der Waals surface area contributed by atoms with E-state index in [0.29, 0.717) is 16.3 Å². The molecule has 0 saturated carbocycles. The molecule has 0 amide bonds. The maximum atomic E-state index is 13.1. The molecule has 1 unspecified atom stereocenters. The third-order valence-corrected chi connectivity index (χ3v) is 6.09. The highest BCUT2D eigenvalue weighted by Crippen LogP contribution is 2.34. The van der Waals surface area contributed by atoms with Crippen molar-refractivity contribution in [3.8, 4) is 11.3 Å². The van der Waals surface area contributed by atoms with Crippen LogP contribution in [0.15, 0.2) is 53.9 Å². The molecule has 0 aliphatic heterocycles. The van der Waals surface area contributed by atoms with Crippen LogP contribution >= 0.6 is 11.3 Å². The van der Waals surface area contributed by atoms with Gasteiger partial charge in [0.2, 0.25) is 0 Å². The molecule has 0 spiro atoms. The normalized spacial score (nSPS) is 13.3. The Kier molecular flexibility index (Phi) is 7.58. The Morgan fingerprint density at radius 3 is 2.37 bits per heavy atom. The Balaban J connectivity index is 1.91. The van der Waals surface area contributed by atoms with Crippen LogP contribution in [-0.2, 0) is 32.4 Å². The van der Waals surface area contributed by atoms with E-state index in [0.717, 1.165) is 23.5 Å². The number of rotatable bonds is 7. The molecule has 1 atom stereocenters. The molecule has 0 saturated heterocycles. The largest absolute Gasteiger partial charge is 0.459 e. The van der Waals surface area contributed by atoms with E-state index in [2.05, 4.69) is 4.98 Å². The molecular weight excluding hydrogens is 505 g/mol. The number of esters is 1. The van der Waals surface area contributed by atoms with Gasteiger partial charge in [0.15, 0.2) is 0 Å². The van der Waals surface area contributed by atoms with Gasteiger partial charge in [-0.2, -0.15) is 21.6 Å². The number of ether oxygens (including phenoxy) is 1. The summed E-state index contributed by atoms with van der Waals surface area (Å²) in [6.07, 6.45) is -4.35. The summed E-state index contributed by atoms with van der Waals surface area (Å²) in [4.78, 5) is 17.5. The third kappa shape index (κ3) is 7.77. The zero-order valence-electron chi connectivity index (χ0n) is 19.0. The molecule has 7 nitrogen and oxygen atoms in total. The van der Waals surface area contributed by atoms with E-state index in [4.69, 9.17) is 9.29 Å². The summed E-state index contributed by atoms with van der Waals surface area (Å²) in [6, 6.07) is 10.8. The van der Waals surface area contributed by atoms with Crippen molar-refractivity contribution in [2.75, 3.05) is 4.72 Å². The molecule has 2 aromatic carbocycles. The molecule has 0 bridgehead atoms. The first-order valence-corrected chi connectivity index (χ1v) is 12.6. The first kappa shape index (κ1) is 26.6. The van der Waals surface area contributed by atoms with Gasteiger partial charge in [-0.1, -0.05) is 24.3 Å². The van der Waals surface area contributed by atoms with E-state index in [1.54, 1.807) is 38.3 Å². The highest BCUT2D eigenvalue weighted by Gasteiger charge is 2.32. The van der Waals surface area contributed by atoms with E-state index in [-0.39, 0.29) is 17.7 Å². The number of carbonyl (C=O) groups is 1. The number of carbonyl (C=O) groups excluding carboxylic acids is 1. The zero-order valence-corrected chi connectivity index (χ0v) is 20.6. The standard InChI is InChI=1S/C23H23F3N2O5S2/c1-22(2,3)33-21(29)18(11-14-7-9-17(10-8-14)28-35(30,31)32)20-27-19(13-34-20)15-5-4-6-16(12-15)23(24,25)26/h4-10,12-13,18,28H,11H2,1-3H3,(H,30,31,32). The summed E-state index contributed by atoms with van der Waals surface area (Å²) >= 11 is 1.13. The van der Waals surface area contributed by atoms with E-state index < -0.39 is 39.5 Å². The monoisotopic (exact) mass is 528 g/mol. The highest BCUT2D eigenvalue weighted by molar-refractivity contribution is 7.87. The molecule has 1 aromatic heterocycles. The number of alkyl halides is 3. The predicted octanol–water partition coefficient (Wildman–Crippen LogP) is 5.71. The molecule has 0 aliphatic carbocycles. The van der Waals surface area contributed by atoms with Crippen LogP contribution in [0.5, 0.6) is 0 Å². The summed E-state index contributed by atoms with van der Waals surface area (Å²) in [7, 11) is -4.43. The number of hydrogen-bond acceptors (Lipinski definition) is 6. The van der Waals surface area contributed by atoms with Crippen LogP contribution in [0.2, 0.25) is 0 Å². The molecule has 2 N–H and O–H groups in total. The third-order valence-electron chi connectivity index (χ3n) is 4.64. The minimum Gasteiger partial charge on any atom is -0.459 e. The Morgan fingerprint density at radius 2 is 1.80 bits per heavy atom. The topological polar surface area (TPSA) is 106 Å². The quantitative estimate of drug-likeness (QED) is 0.301. The highest BCUT2D eigenvalue weighted by atomic mass is 32.2. The fraction of sp³-hybridized carbons (Fsp3) is 0.304. The van der Waals surface area contributed by atoms with Gasteiger partial charge in [-0.25, -0.2) is 4.98 Å². The molecule has 12 heteroatoms. The Bertz CT molecular complexity index is 1300. The number of aromatic nitrogens is 1. The Labute approximate surface area is 204 Å². The van der Waals surface area contributed by atoms with Crippen molar-refractivity contribution in [3.63, 3.8) is 0 Å². The molecule has 188 valence electrons.